The molecule has 0 aliphatic rings. The summed E-state index contributed by atoms with van der Waals surface area (Å²) in [6.07, 6.45) is 7.79. The van der Waals surface area contributed by atoms with Gasteiger partial charge in [0.1, 0.15) is 0 Å². The first kappa shape index (κ1) is 61.6. The van der Waals surface area contributed by atoms with E-state index < -0.39 is 16.1 Å². The van der Waals surface area contributed by atoms with Crippen LogP contribution in [0.25, 0.3) is 110 Å². The fourth-order valence-corrected chi connectivity index (χ4v) is 13.7. The SMILES string of the molecule is C[Si](C)(C)c1ccc(-c2[c-]cc3c4ccccc4c4ccccc4c3c2)nc1.Cc1cc(-c2[c-]cc3c4ccccc4c4ccccc4c3c2)ncc1[Si](C)(C)C.Cc1ccnc(-c2[c-]cccc2)c1.Cc1ccnc(-c2[c-]cccc2)c1.[Ir].[Ir]. The van der Waals surface area contributed by atoms with Gasteiger partial charge in [0, 0.05) is 65.0 Å². The number of benzene rings is 10. The predicted octanol–water partition coefficient (Wildman–Crippen LogP) is 19.1. The molecule has 85 heavy (non-hydrogen) atoms. The fraction of sp³-hybridized carbons (Fsp3) is 0.117. The minimum Gasteiger partial charge on any atom is -0.305 e. The Labute approximate surface area is 530 Å². The molecule has 0 amide bonds. The molecule has 4 heterocycles. The van der Waals surface area contributed by atoms with Crippen LogP contribution < -0.4 is 10.4 Å². The van der Waals surface area contributed by atoms with Gasteiger partial charge in [-0.1, -0.05) is 216 Å². The summed E-state index contributed by atoms with van der Waals surface area (Å²) in [5, 5.41) is 18.1. The summed E-state index contributed by atoms with van der Waals surface area (Å²) in [6, 6.07) is 87.2. The molecule has 0 N–H and O–H groups in total. The molecule has 0 spiro atoms. The van der Waals surface area contributed by atoms with Crippen molar-refractivity contribution in [3.05, 3.63) is 278 Å². The Bertz CT molecular complexity index is 4460. The second-order valence-corrected chi connectivity index (χ2v) is 33.5. The molecular weight excluding hydrogens is 1420 g/mol. The van der Waals surface area contributed by atoms with Gasteiger partial charge in [0.2, 0.25) is 0 Å². The van der Waals surface area contributed by atoms with Crippen LogP contribution in [0.15, 0.2) is 237 Å². The first-order valence-electron chi connectivity index (χ1n) is 28.4. The average molecular weight is 1490 g/mol. The molecule has 8 heteroatoms. The molecule has 0 aliphatic carbocycles. The van der Waals surface area contributed by atoms with Crippen LogP contribution in [-0.2, 0) is 40.2 Å². The molecule has 10 aromatic carbocycles. The van der Waals surface area contributed by atoms with Crippen molar-refractivity contribution < 1.29 is 40.2 Å². The smallest absolute Gasteiger partial charge is 0.0798 e. The van der Waals surface area contributed by atoms with E-state index in [9.17, 15) is 0 Å². The van der Waals surface area contributed by atoms with Crippen molar-refractivity contribution in [2.45, 2.75) is 60.1 Å². The summed E-state index contributed by atoms with van der Waals surface area (Å²) in [6.45, 7) is 20.5. The molecule has 4 nitrogen and oxygen atoms in total. The maximum atomic E-state index is 4.83. The van der Waals surface area contributed by atoms with Crippen LogP contribution in [-0.4, -0.2) is 36.1 Å². The van der Waals surface area contributed by atoms with Gasteiger partial charge in [0.05, 0.1) is 16.1 Å². The molecular formula is C77H66Ir2N4Si2-4. The Morgan fingerprint density at radius 3 is 1.04 bits per heavy atom. The summed E-state index contributed by atoms with van der Waals surface area (Å²) in [5.74, 6) is 0. The molecule has 424 valence electrons. The van der Waals surface area contributed by atoms with Crippen molar-refractivity contribution in [1.82, 2.24) is 19.9 Å². The van der Waals surface area contributed by atoms with E-state index in [4.69, 9.17) is 9.97 Å². The van der Waals surface area contributed by atoms with E-state index in [-0.39, 0.29) is 40.2 Å². The van der Waals surface area contributed by atoms with Gasteiger partial charge in [-0.2, -0.15) is 0 Å². The van der Waals surface area contributed by atoms with Crippen molar-refractivity contribution in [2.24, 2.45) is 0 Å². The van der Waals surface area contributed by atoms with Crippen molar-refractivity contribution in [3.63, 3.8) is 0 Å². The first-order valence-corrected chi connectivity index (χ1v) is 35.4. The van der Waals surface area contributed by atoms with E-state index in [0.717, 1.165) is 45.0 Å². The van der Waals surface area contributed by atoms with E-state index in [1.54, 1.807) is 0 Å². The normalized spacial score (nSPS) is 11.2. The van der Waals surface area contributed by atoms with Crippen LogP contribution in [0.1, 0.15) is 16.7 Å². The summed E-state index contributed by atoms with van der Waals surface area (Å²) in [5.41, 5.74) is 12.0. The molecule has 0 unspecified atom stereocenters. The molecule has 0 aliphatic heterocycles. The van der Waals surface area contributed by atoms with Crippen LogP contribution in [0.3, 0.4) is 0 Å². The Balaban J connectivity index is 0.000000143. The molecule has 0 saturated heterocycles. The van der Waals surface area contributed by atoms with Gasteiger partial charge in [-0.25, -0.2) is 0 Å². The van der Waals surface area contributed by atoms with Gasteiger partial charge in [-0.05, 0) is 98.4 Å². The average Bonchev–Trinajstić information content (AvgIpc) is 1.44. The Kier molecular flexibility index (Phi) is 19.6. The van der Waals surface area contributed by atoms with Gasteiger partial charge in [0.15, 0.2) is 0 Å². The standard InChI is InChI=1S/C27H24NSi.C26H22NSi.2C12H10N.2Ir/c1-18-15-26(28-17-27(18)29(2,3)4)19-13-14-24-22-11-6-5-9-20(22)21-10-7-8-12-23(21)25(24)16-19;1-28(2,3)19-13-15-26(27-17-19)18-12-14-24-22-10-5-4-8-20(22)21-9-6-7-11-23(21)25(24)16-18;2*1-10-7-8-13-12(9-10)11-5-3-2-4-6-11;;/h5-12,14-17H,1-4H3;4-11,13-17H,1-3H3;2*2-5,7-9H,1H3;;/q4*-1;;. The van der Waals surface area contributed by atoms with Crippen molar-refractivity contribution in [1.29, 1.82) is 0 Å². The third-order valence-corrected chi connectivity index (χ3v) is 19.4. The van der Waals surface area contributed by atoms with Gasteiger partial charge in [-0.3, -0.25) is 0 Å². The van der Waals surface area contributed by atoms with Gasteiger partial charge in [-0.15, -0.1) is 119 Å². The van der Waals surface area contributed by atoms with Crippen LogP contribution in [0.2, 0.25) is 39.3 Å². The minimum atomic E-state index is -1.38. The number of pyridine rings is 4. The largest absolute Gasteiger partial charge is 0.305 e. The summed E-state index contributed by atoms with van der Waals surface area (Å²) in [7, 11) is -2.73. The Morgan fingerprint density at radius 2 is 0.682 bits per heavy atom. The van der Waals surface area contributed by atoms with E-state index in [2.05, 4.69) is 258 Å². The minimum absolute atomic E-state index is 0. The number of fused-ring (bicyclic) bond motifs is 12. The number of hydrogen-bond acceptors (Lipinski definition) is 4. The molecule has 0 saturated carbocycles. The van der Waals surface area contributed by atoms with Crippen molar-refractivity contribution >= 4 is 91.2 Å². The molecule has 0 atom stereocenters. The van der Waals surface area contributed by atoms with Gasteiger partial charge in [0.25, 0.3) is 0 Å². The number of hydrogen-bond donors (Lipinski definition) is 0. The quantitative estimate of drug-likeness (QED) is 0.0946. The summed E-state index contributed by atoms with van der Waals surface area (Å²) < 4.78 is 0. The maximum Gasteiger partial charge on any atom is 0.0798 e. The summed E-state index contributed by atoms with van der Waals surface area (Å²) in [4.78, 5) is 18.2. The molecule has 0 fully saturated rings. The Morgan fingerprint density at radius 1 is 0.306 bits per heavy atom. The number of nitrogens with zero attached hydrogens (tertiary/aromatic N) is 4. The molecule has 2 radical (unpaired) electrons. The van der Waals surface area contributed by atoms with Gasteiger partial charge >= 0.3 is 0 Å². The first-order chi connectivity index (χ1) is 40.2. The van der Waals surface area contributed by atoms with E-state index in [1.165, 1.54) is 91.7 Å². The van der Waals surface area contributed by atoms with Crippen molar-refractivity contribution in [2.75, 3.05) is 0 Å². The zero-order valence-corrected chi connectivity index (χ0v) is 56.3. The molecule has 14 rings (SSSR count). The maximum absolute atomic E-state index is 4.83. The van der Waals surface area contributed by atoms with E-state index in [1.807, 2.05) is 73.1 Å². The van der Waals surface area contributed by atoms with E-state index >= 15 is 0 Å². The zero-order chi connectivity index (χ0) is 57.7. The predicted molar refractivity (Wildman–Crippen MR) is 359 cm³/mol. The second kappa shape index (κ2) is 27.0. The van der Waals surface area contributed by atoms with Crippen LogP contribution in [0.4, 0.5) is 0 Å². The summed E-state index contributed by atoms with van der Waals surface area (Å²) >= 11 is 0. The zero-order valence-electron chi connectivity index (χ0n) is 49.5. The molecule has 0 bridgehead atoms. The number of rotatable bonds is 6. The van der Waals surface area contributed by atoms with Crippen LogP contribution >= 0.6 is 0 Å². The second-order valence-electron chi connectivity index (χ2n) is 23.3. The van der Waals surface area contributed by atoms with Gasteiger partial charge < -0.3 is 19.9 Å². The monoisotopic (exact) mass is 1490 g/mol. The molecule has 14 aromatic rings. The fourth-order valence-electron chi connectivity index (χ4n) is 10.9. The third kappa shape index (κ3) is 13.9. The third-order valence-electron chi connectivity index (χ3n) is 15.3. The molecule has 4 aromatic heterocycles. The van der Waals surface area contributed by atoms with Crippen LogP contribution in [0.5, 0.6) is 0 Å². The van der Waals surface area contributed by atoms with E-state index in [0.29, 0.717) is 0 Å². The topological polar surface area (TPSA) is 51.6 Å². The van der Waals surface area contributed by atoms with Crippen molar-refractivity contribution in [3.8, 4) is 45.0 Å². The number of aromatic nitrogens is 4. The Hall–Kier alpha value is -7.91. The number of aryl methyl sites for hydroxylation is 3. The van der Waals surface area contributed by atoms with Crippen LogP contribution in [0, 0.1) is 45.0 Å².